The fourth-order valence-electron chi connectivity index (χ4n) is 9.78. The molecular weight excluding hydrogens is 498 g/mol. The monoisotopic (exact) mass is 549 g/mol. The van der Waals surface area contributed by atoms with Crippen LogP contribution in [0.15, 0.2) is 35.4 Å². The van der Waals surface area contributed by atoms with Crippen LogP contribution in [0.4, 0.5) is 5.69 Å². The van der Waals surface area contributed by atoms with Gasteiger partial charge in [-0.15, -0.1) is 0 Å². The quantitative estimate of drug-likeness (QED) is 0.261. The summed E-state index contributed by atoms with van der Waals surface area (Å²) in [4.78, 5) is 2.22. The van der Waals surface area contributed by atoms with Gasteiger partial charge in [0.05, 0.1) is 13.2 Å². The van der Waals surface area contributed by atoms with Crippen LogP contribution in [0.2, 0.25) is 0 Å². The van der Waals surface area contributed by atoms with Crippen molar-refractivity contribution < 1.29 is 18.9 Å². The number of ether oxygens (including phenoxy) is 4. The average Bonchev–Trinajstić information content (AvgIpc) is 3.62. The molecule has 0 N–H and O–H groups in total. The SMILES string of the molecule is CN(C)c1ccc(C2CC3C(CCCOC4CCCCO4)CCC3C3CCC4CC5(CCC4=C23)OCCO5)cc1. The first-order chi connectivity index (χ1) is 19.6. The molecule has 1 aromatic rings. The van der Waals surface area contributed by atoms with E-state index in [1.807, 2.05) is 11.1 Å². The second-order valence-corrected chi connectivity index (χ2v) is 13.9. The van der Waals surface area contributed by atoms with E-state index in [9.17, 15) is 0 Å². The van der Waals surface area contributed by atoms with Gasteiger partial charge in [-0.25, -0.2) is 0 Å². The Bertz CT molecular complexity index is 1040. The molecule has 6 aliphatic rings. The van der Waals surface area contributed by atoms with Crippen molar-refractivity contribution in [1.29, 1.82) is 0 Å². The molecular formula is C35H51NO4. The van der Waals surface area contributed by atoms with Crippen LogP contribution in [0.5, 0.6) is 0 Å². The number of rotatable bonds is 7. The maximum atomic E-state index is 6.21. The number of hydrogen-bond acceptors (Lipinski definition) is 5. The highest BCUT2D eigenvalue weighted by atomic mass is 16.7. The molecule has 2 saturated heterocycles. The van der Waals surface area contributed by atoms with E-state index in [2.05, 4.69) is 43.3 Å². The average molecular weight is 550 g/mol. The summed E-state index contributed by atoms with van der Waals surface area (Å²) in [5.41, 5.74) is 6.52. The maximum absolute atomic E-state index is 6.21. The van der Waals surface area contributed by atoms with Gasteiger partial charge in [0.15, 0.2) is 12.1 Å². The van der Waals surface area contributed by atoms with Crippen LogP contribution in [-0.4, -0.2) is 52.6 Å². The summed E-state index contributed by atoms with van der Waals surface area (Å²) < 4.78 is 24.4. The van der Waals surface area contributed by atoms with E-state index < -0.39 is 0 Å². The summed E-state index contributed by atoms with van der Waals surface area (Å²) in [6.07, 6.45) is 16.2. The predicted octanol–water partition coefficient (Wildman–Crippen LogP) is 7.46. The third-order valence-corrected chi connectivity index (χ3v) is 11.6. The van der Waals surface area contributed by atoms with E-state index in [1.165, 1.54) is 69.9 Å². The third kappa shape index (κ3) is 5.29. The Labute approximate surface area is 242 Å². The minimum absolute atomic E-state index is 0.0494. The molecule has 5 nitrogen and oxygen atoms in total. The number of benzene rings is 1. The lowest BCUT2D eigenvalue weighted by Gasteiger charge is -2.50. The largest absolute Gasteiger partial charge is 0.378 e. The molecule has 2 aliphatic heterocycles. The Morgan fingerprint density at radius 1 is 0.925 bits per heavy atom. The summed E-state index contributed by atoms with van der Waals surface area (Å²) in [6, 6.07) is 9.58. The first kappa shape index (κ1) is 27.4. The fourth-order valence-corrected chi connectivity index (χ4v) is 9.78. The van der Waals surface area contributed by atoms with Crippen LogP contribution >= 0.6 is 0 Å². The topological polar surface area (TPSA) is 40.2 Å². The molecule has 7 unspecified atom stereocenters. The molecule has 220 valence electrons. The normalized spacial score (nSPS) is 36.8. The Kier molecular flexibility index (Phi) is 8.03. The Morgan fingerprint density at radius 3 is 2.55 bits per heavy atom. The number of hydrogen-bond donors (Lipinski definition) is 0. The lowest BCUT2D eigenvalue weighted by atomic mass is 9.55. The molecule has 1 aromatic carbocycles. The lowest BCUT2D eigenvalue weighted by Crippen LogP contribution is -2.43. The van der Waals surface area contributed by atoms with E-state index >= 15 is 0 Å². The van der Waals surface area contributed by atoms with Crippen LogP contribution in [0.25, 0.3) is 0 Å². The standard InChI is InChI=1S/C35H51NO4/c1-36(2)27-12-8-25(9-13-27)32-22-31-24(6-5-19-38-33-7-3-4-18-37-33)10-14-29(31)30-15-11-26-23-35(39-20-21-40-35)17-16-28(26)34(30)32/h8-9,12-13,24,26,29-33H,3-7,10-11,14-23H2,1-2H3. The molecule has 1 spiro atoms. The second-order valence-electron chi connectivity index (χ2n) is 13.9. The molecule has 7 atom stereocenters. The predicted molar refractivity (Wildman–Crippen MR) is 158 cm³/mol. The molecule has 40 heavy (non-hydrogen) atoms. The van der Waals surface area contributed by atoms with Crippen molar-refractivity contribution in [3.8, 4) is 0 Å². The molecule has 2 heterocycles. The highest BCUT2D eigenvalue weighted by Gasteiger charge is 2.52. The molecule has 0 amide bonds. The van der Waals surface area contributed by atoms with Crippen LogP contribution in [-0.2, 0) is 18.9 Å². The molecule has 4 aliphatic carbocycles. The smallest absolute Gasteiger partial charge is 0.169 e. The number of allylic oxidation sites excluding steroid dienone is 2. The van der Waals surface area contributed by atoms with Crippen LogP contribution in [0, 0.1) is 29.6 Å². The van der Waals surface area contributed by atoms with Gasteiger partial charge < -0.3 is 23.8 Å². The molecule has 3 saturated carbocycles. The minimum atomic E-state index is -0.287. The molecule has 7 rings (SSSR count). The first-order valence-electron chi connectivity index (χ1n) is 16.6. The van der Waals surface area contributed by atoms with Gasteiger partial charge in [0.2, 0.25) is 0 Å². The second kappa shape index (κ2) is 11.7. The third-order valence-electron chi connectivity index (χ3n) is 11.6. The Hall–Kier alpha value is -1.40. The zero-order valence-corrected chi connectivity index (χ0v) is 25.0. The van der Waals surface area contributed by atoms with Gasteiger partial charge in [-0.05, 0) is 118 Å². The van der Waals surface area contributed by atoms with Crippen molar-refractivity contribution in [3.63, 3.8) is 0 Å². The number of nitrogens with zero attached hydrogens (tertiary/aromatic N) is 1. The van der Waals surface area contributed by atoms with E-state index in [0.29, 0.717) is 11.8 Å². The van der Waals surface area contributed by atoms with Crippen LogP contribution in [0.3, 0.4) is 0 Å². The van der Waals surface area contributed by atoms with Crippen molar-refractivity contribution in [2.45, 2.75) is 101 Å². The van der Waals surface area contributed by atoms with Gasteiger partial charge >= 0.3 is 0 Å². The summed E-state index contributed by atoms with van der Waals surface area (Å²) in [5, 5.41) is 0. The first-order valence-corrected chi connectivity index (χ1v) is 16.6. The molecule has 5 heteroatoms. The van der Waals surface area contributed by atoms with Crippen molar-refractivity contribution in [1.82, 2.24) is 0 Å². The maximum Gasteiger partial charge on any atom is 0.169 e. The van der Waals surface area contributed by atoms with Gasteiger partial charge in [-0.2, -0.15) is 0 Å². The van der Waals surface area contributed by atoms with Gasteiger partial charge in [0.1, 0.15) is 0 Å². The van der Waals surface area contributed by atoms with Crippen molar-refractivity contribution in [2.75, 3.05) is 45.4 Å². The van der Waals surface area contributed by atoms with Crippen molar-refractivity contribution in [3.05, 3.63) is 41.0 Å². The van der Waals surface area contributed by atoms with E-state index in [1.54, 1.807) is 5.56 Å². The summed E-state index contributed by atoms with van der Waals surface area (Å²) in [5.74, 6) is 4.30. The van der Waals surface area contributed by atoms with E-state index in [4.69, 9.17) is 18.9 Å². The molecule has 0 bridgehead atoms. The van der Waals surface area contributed by atoms with Gasteiger partial charge in [0.25, 0.3) is 0 Å². The minimum Gasteiger partial charge on any atom is -0.378 e. The van der Waals surface area contributed by atoms with Crippen LogP contribution < -0.4 is 4.90 Å². The molecule has 0 radical (unpaired) electrons. The highest BCUT2D eigenvalue weighted by molar-refractivity contribution is 5.49. The zero-order valence-electron chi connectivity index (χ0n) is 25.0. The van der Waals surface area contributed by atoms with Gasteiger partial charge in [-0.3, -0.25) is 0 Å². The lowest BCUT2D eigenvalue weighted by molar-refractivity contribution is -0.181. The van der Waals surface area contributed by atoms with Crippen LogP contribution in [0.1, 0.15) is 95.0 Å². The summed E-state index contributed by atoms with van der Waals surface area (Å²) >= 11 is 0. The Morgan fingerprint density at radius 2 is 1.77 bits per heavy atom. The van der Waals surface area contributed by atoms with E-state index in [-0.39, 0.29) is 12.1 Å². The fraction of sp³-hybridized carbons (Fsp3) is 0.771. The van der Waals surface area contributed by atoms with Crippen molar-refractivity contribution in [2.24, 2.45) is 29.6 Å². The Balaban J connectivity index is 1.11. The molecule has 5 fully saturated rings. The van der Waals surface area contributed by atoms with E-state index in [0.717, 1.165) is 69.4 Å². The van der Waals surface area contributed by atoms with Gasteiger partial charge in [0, 0.05) is 51.8 Å². The van der Waals surface area contributed by atoms with Crippen molar-refractivity contribution >= 4 is 5.69 Å². The zero-order chi connectivity index (χ0) is 27.1. The summed E-state index contributed by atoms with van der Waals surface area (Å²) in [6.45, 7) is 3.27. The van der Waals surface area contributed by atoms with Gasteiger partial charge in [-0.1, -0.05) is 23.3 Å². The number of fused-ring (bicyclic) bond motifs is 4. The number of anilines is 1. The highest BCUT2D eigenvalue weighted by Crippen LogP contribution is 2.62. The summed E-state index contributed by atoms with van der Waals surface area (Å²) in [7, 11) is 4.29. The molecule has 0 aromatic heterocycles.